The predicted molar refractivity (Wildman–Crippen MR) is 86.7 cm³/mol. The van der Waals surface area contributed by atoms with E-state index < -0.39 is 0 Å². The fraction of sp³-hybridized carbons (Fsp3) is 0.333. The van der Waals surface area contributed by atoms with Crippen LogP contribution >= 0.6 is 15.9 Å². The molecule has 0 saturated carbocycles. The number of para-hydroxylation sites is 1. The minimum Gasteiger partial charge on any atom is -0.493 e. The summed E-state index contributed by atoms with van der Waals surface area (Å²) in [6.45, 7) is 0.770. The maximum atomic E-state index is 13.0. The lowest BCUT2D eigenvalue weighted by Crippen LogP contribution is -2.13. The van der Waals surface area contributed by atoms with Crippen molar-refractivity contribution in [2.75, 3.05) is 11.9 Å². The van der Waals surface area contributed by atoms with Crippen LogP contribution in [0.3, 0.4) is 0 Å². The molecule has 0 radical (unpaired) electrons. The van der Waals surface area contributed by atoms with Gasteiger partial charge in [0, 0.05) is 16.8 Å². The molecule has 0 bridgehead atoms. The lowest BCUT2D eigenvalue weighted by atomic mass is 9.88. The predicted octanol–water partition coefficient (Wildman–Crippen LogP) is 4.95. The number of fused-ring (bicyclic) bond motifs is 1. The minimum atomic E-state index is -0.174. The Labute approximate surface area is 133 Å². The zero-order valence-corrected chi connectivity index (χ0v) is 13.4. The average Bonchev–Trinajstić information content (AvgIpc) is 2.92. The van der Waals surface area contributed by atoms with Crippen molar-refractivity contribution < 1.29 is 9.13 Å². The molecule has 0 saturated heterocycles. The Balaban J connectivity index is 1.67. The number of hydrogen-bond donors (Lipinski definition) is 0. The highest BCUT2D eigenvalue weighted by molar-refractivity contribution is 9.09. The van der Waals surface area contributed by atoms with Crippen LogP contribution in [0.1, 0.15) is 23.5 Å². The molecule has 110 valence electrons. The van der Waals surface area contributed by atoms with Gasteiger partial charge in [-0.3, -0.25) is 0 Å². The van der Waals surface area contributed by atoms with Gasteiger partial charge in [-0.05, 0) is 42.5 Å². The Morgan fingerprint density at radius 2 is 1.90 bits per heavy atom. The second-order valence-corrected chi connectivity index (χ2v) is 6.28. The maximum Gasteiger partial charge on any atom is 0.123 e. The molecule has 0 fully saturated rings. The summed E-state index contributed by atoms with van der Waals surface area (Å²) in [6, 6.07) is 15.1. The fourth-order valence-corrected chi connectivity index (χ4v) is 3.47. The molecule has 2 aromatic rings. The number of rotatable bonds is 5. The Morgan fingerprint density at radius 1 is 1.14 bits per heavy atom. The summed E-state index contributed by atoms with van der Waals surface area (Å²) < 4.78 is 18.7. The van der Waals surface area contributed by atoms with E-state index in [0.717, 1.165) is 30.5 Å². The molecule has 1 heterocycles. The van der Waals surface area contributed by atoms with Crippen LogP contribution in [0.25, 0.3) is 0 Å². The van der Waals surface area contributed by atoms with E-state index in [-0.39, 0.29) is 5.82 Å². The van der Waals surface area contributed by atoms with Crippen LogP contribution in [0.4, 0.5) is 4.39 Å². The first-order valence-corrected chi connectivity index (χ1v) is 8.40. The zero-order chi connectivity index (χ0) is 14.7. The second kappa shape index (κ2) is 6.61. The van der Waals surface area contributed by atoms with Gasteiger partial charge in [0.2, 0.25) is 0 Å². The summed E-state index contributed by atoms with van der Waals surface area (Å²) in [5.74, 6) is 1.84. The first kappa shape index (κ1) is 14.6. The number of halogens is 2. The molecule has 1 aliphatic rings. The molecule has 2 atom stereocenters. The van der Waals surface area contributed by atoms with E-state index in [1.807, 2.05) is 24.3 Å². The first-order valence-electron chi connectivity index (χ1n) is 7.28. The normalized spacial score (nSPS) is 18.1. The van der Waals surface area contributed by atoms with E-state index in [0.29, 0.717) is 11.8 Å². The highest BCUT2D eigenvalue weighted by Gasteiger charge is 2.26. The summed E-state index contributed by atoms with van der Waals surface area (Å²) in [4.78, 5) is 0. The van der Waals surface area contributed by atoms with Crippen LogP contribution in [0, 0.1) is 11.7 Å². The third-order valence-electron chi connectivity index (χ3n) is 4.07. The molecule has 0 aliphatic carbocycles. The van der Waals surface area contributed by atoms with Gasteiger partial charge in [0.05, 0.1) is 6.61 Å². The quantitative estimate of drug-likeness (QED) is 0.695. The number of alkyl halides is 1. The van der Waals surface area contributed by atoms with Crippen molar-refractivity contribution in [3.05, 3.63) is 65.5 Å². The van der Waals surface area contributed by atoms with Gasteiger partial charge < -0.3 is 4.74 Å². The van der Waals surface area contributed by atoms with Crippen molar-refractivity contribution in [3.63, 3.8) is 0 Å². The van der Waals surface area contributed by atoms with Crippen molar-refractivity contribution in [2.24, 2.45) is 5.92 Å². The number of benzene rings is 2. The molecular formula is C18H18BrFO. The molecule has 21 heavy (non-hydrogen) atoms. The highest BCUT2D eigenvalue weighted by Crippen LogP contribution is 2.38. The van der Waals surface area contributed by atoms with Gasteiger partial charge in [-0.2, -0.15) is 0 Å². The Morgan fingerprint density at radius 3 is 2.67 bits per heavy atom. The third kappa shape index (κ3) is 3.46. The molecule has 0 spiro atoms. The van der Waals surface area contributed by atoms with Gasteiger partial charge >= 0.3 is 0 Å². The molecule has 1 aliphatic heterocycles. The summed E-state index contributed by atoms with van der Waals surface area (Å²) in [5, 5.41) is 0.947. The third-order valence-corrected chi connectivity index (χ3v) is 4.99. The highest BCUT2D eigenvalue weighted by atomic mass is 79.9. The SMILES string of the molecule is Fc1ccc(CC(CBr)CC2COc3ccccc32)cc1. The van der Waals surface area contributed by atoms with Crippen LogP contribution in [0.5, 0.6) is 5.75 Å². The van der Waals surface area contributed by atoms with E-state index in [1.165, 1.54) is 23.3 Å². The van der Waals surface area contributed by atoms with Gasteiger partial charge in [0.15, 0.2) is 0 Å². The van der Waals surface area contributed by atoms with Crippen molar-refractivity contribution in [1.29, 1.82) is 0 Å². The van der Waals surface area contributed by atoms with Crippen LogP contribution in [-0.4, -0.2) is 11.9 Å². The molecule has 0 aromatic heterocycles. The van der Waals surface area contributed by atoms with Crippen molar-refractivity contribution >= 4 is 15.9 Å². The topological polar surface area (TPSA) is 9.23 Å². The van der Waals surface area contributed by atoms with Gasteiger partial charge in [-0.25, -0.2) is 4.39 Å². The lowest BCUT2D eigenvalue weighted by Gasteiger charge is -2.18. The van der Waals surface area contributed by atoms with Crippen molar-refractivity contribution in [3.8, 4) is 5.75 Å². The van der Waals surface area contributed by atoms with E-state index in [2.05, 4.69) is 28.1 Å². The zero-order valence-electron chi connectivity index (χ0n) is 11.8. The Bertz CT molecular complexity index is 596. The summed E-state index contributed by atoms with van der Waals surface area (Å²) >= 11 is 3.62. The molecule has 3 rings (SSSR count). The van der Waals surface area contributed by atoms with Gasteiger partial charge in [-0.1, -0.05) is 46.3 Å². The van der Waals surface area contributed by atoms with Gasteiger partial charge in [0.1, 0.15) is 11.6 Å². The lowest BCUT2D eigenvalue weighted by molar-refractivity contribution is 0.311. The molecule has 0 N–H and O–H groups in total. The number of hydrogen-bond acceptors (Lipinski definition) is 1. The smallest absolute Gasteiger partial charge is 0.123 e. The van der Waals surface area contributed by atoms with E-state index in [9.17, 15) is 4.39 Å². The molecule has 2 aromatic carbocycles. The minimum absolute atomic E-state index is 0.174. The monoisotopic (exact) mass is 348 g/mol. The molecule has 1 nitrogen and oxygen atoms in total. The van der Waals surface area contributed by atoms with Crippen LogP contribution in [0.15, 0.2) is 48.5 Å². The van der Waals surface area contributed by atoms with Crippen LogP contribution < -0.4 is 4.74 Å². The van der Waals surface area contributed by atoms with E-state index in [1.54, 1.807) is 0 Å². The van der Waals surface area contributed by atoms with Crippen molar-refractivity contribution in [1.82, 2.24) is 0 Å². The Hall–Kier alpha value is -1.35. The second-order valence-electron chi connectivity index (χ2n) is 5.63. The molecule has 3 heteroatoms. The van der Waals surface area contributed by atoms with Crippen LogP contribution in [-0.2, 0) is 6.42 Å². The summed E-state index contributed by atoms with van der Waals surface area (Å²) in [7, 11) is 0. The molecule has 0 amide bonds. The average molecular weight is 349 g/mol. The molecule has 2 unspecified atom stereocenters. The van der Waals surface area contributed by atoms with Gasteiger partial charge in [0.25, 0.3) is 0 Å². The summed E-state index contributed by atoms with van der Waals surface area (Å²) in [5.41, 5.74) is 2.51. The summed E-state index contributed by atoms with van der Waals surface area (Å²) in [6.07, 6.45) is 2.05. The fourth-order valence-electron chi connectivity index (χ4n) is 2.98. The van der Waals surface area contributed by atoms with Crippen LogP contribution in [0.2, 0.25) is 0 Å². The van der Waals surface area contributed by atoms with E-state index in [4.69, 9.17) is 4.74 Å². The Kier molecular flexibility index (Phi) is 4.59. The largest absolute Gasteiger partial charge is 0.493 e. The van der Waals surface area contributed by atoms with Gasteiger partial charge in [-0.15, -0.1) is 0 Å². The maximum absolute atomic E-state index is 13.0. The molecular weight excluding hydrogens is 331 g/mol. The van der Waals surface area contributed by atoms with E-state index >= 15 is 0 Å². The van der Waals surface area contributed by atoms with Crippen molar-refractivity contribution in [2.45, 2.75) is 18.8 Å². The first-order chi connectivity index (χ1) is 10.3. The standard InChI is InChI=1S/C18H18BrFO/c19-11-14(9-13-5-7-16(20)8-6-13)10-15-12-21-18-4-2-1-3-17(15)18/h1-8,14-15H,9-12H2. The number of ether oxygens (including phenoxy) is 1.